The molecule has 128 valence electrons. The molecule has 0 fully saturated rings. The number of nitrogens with one attached hydrogen (secondary N) is 1. The summed E-state index contributed by atoms with van der Waals surface area (Å²) < 4.78 is 5.27. The van der Waals surface area contributed by atoms with Gasteiger partial charge in [0.05, 0.1) is 6.54 Å². The molecule has 1 N–H and O–H groups in total. The third-order valence-corrected chi connectivity index (χ3v) is 4.08. The molecule has 3 aromatic rings. The Morgan fingerprint density at radius 3 is 2.56 bits per heavy atom. The van der Waals surface area contributed by atoms with Crippen molar-refractivity contribution in [1.29, 1.82) is 0 Å². The second kappa shape index (κ2) is 7.94. The number of hydrogen-bond donors (Lipinski definition) is 1. The minimum absolute atomic E-state index is 0.0793. The highest BCUT2D eigenvalue weighted by Gasteiger charge is 2.19. The Bertz CT molecular complexity index is 849. The van der Waals surface area contributed by atoms with Crippen LogP contribution in [0.5, 0.6) is 0 Å². The van der Waals surface area contributed by atoms with Gasteiger partial charge in [-0.3, -0.25) is 4.79 Å². The van der Waals surface area contributed by atoms with Crippen molar-refractivity contribution in [2.75, 3.05) is 0 Å². The summed E-state index contributed by atoms with van der Waals surface area (Å²) in [4.78, 5) is 12.4. The normalized spacial score (nSPS) is 11.9. The molecule has 0 unspecified atom stereocenters. The molecule has 0 bridgehead atoms. The molecule has 0 spiro atoms. The Labute approximate surface area is 151 Å². The van der Waals surface area contributed by atoms with Crippen molar-refractivity contribution in [3.8, 4) is 0 Å². The van der Waals surface area contributed by atoms with Crippen molar-refractivity contribution in [3.05, 3.63) is 82.5 Å². The lowest BCUT2D eigenvalue weighted by atomic mass is 9.88. The predicted octanol–water partition coefficient (Wildman–Crippen LogP) is 3.87. The van der Waals surface area contributed by atoms with E-state index in [0.717, 1.165) is 11.1 Å². The fourth-order valence-corrected chi connectivity index (χ4v) is 2.88. The number of rotatable bonds is 6. The molecule has 2 aromatic carbocycles. The maximum atomic E-state index is 12.4. The van der Waals surface area contributed by atoms with Crippen molar-refractivity contribution in [2.45, 2.75) is 25.8 Å². The fourth-order valence-electron chi connectivity index (χ4n) is 2.68. The summed E-state index contributed by atoms with van der Waals surface area (Å²) in [5.41, 5.74) is 2.07. The highest BCUT2D eigenvalue weighted by Crippen LogP contribution is 2.29. The van der Waals surface area contributed by atoms with Gasteiger partial charge in [0.1, 0.15) is 0 Å². The first kappa shape index (κ1) is 17.2. The number of carbonyl (C=O) groups excluding carboxylic acids is 1. The smallest absolute Gasteiger partial charge is 0.235 e. The van der Waals surface area contributed by atoms with Crippen molar-refractivity contribution < 1.29 is 9.21 Å². The standard InChI is InChI=1S/C19H18ClN3O2/c1-13-22-23-19(25-13)12-21-18(24)11-17(14-6-3-2-4-7-14)15-8-5-9-16(20)10-15/h2-10,17H,11-12H2,1H3,(H,21,24)/t17-/m0/s1. The molecule has 1 aromatic heterocycles. The Hall–Kier alpha value is -2.66. The third-order valence-electron chi connectivity index (χ3n) is 3.85. The lowest BCUT2D eigenvalue weighted by molar-refractivity contribution is -0.121. The van der Waals surface area contributed by atoms with Gasteiger partial charge in [0.2, 0.25) is 17.7 Å². The van der Waals surface area contributed by atoms with Gasteiger partial charge >= 0.3 is 0 Å². The SMILES string of the molecule is Cc1nnc(CNC(=O)C[C@@H](c2ccccc2)c2cccc(Cl)c2)o1. The Morgan fingerprint density at radius 2 is 1.88 bits per heavy atom. The number of aromatic nitrogens is 2. The average molecular weight is 356 g/mol. The number of nitrogens with zero attached hydrogens (tertiary/aromatic N) is 2. The summed E-state index contributed by atoms with van der Waals surface area (Å²) in [6.45, 7) is 1.93. The molecule has 3 rings (SSSR count). The molecule has 25 heavy (non-hydrogen) atoms. The van der Waals surface area contributed by atoms with Crippen LogP contribution in [0.25, 0.3) is 0 Å². The number of benzene rings is 2. The molecule has 0 aliphatic heterocycles. The molecule has 1 heterocycles. The molecule has 5 nitrogen and oxygen atoms in total. The van der Waals surface area contributed by atoms with E-state index >= 15 is 0 Å². The predicted molar refractivity (Wildman–Crippen MR) is 95.2 cm³/mol. The van der Waals surface area contributed by atoms with E-state index in [2.05, 4.69) is 15.5 Å². The fraction of sp³-hybridized carbons (Fsp3) is 0.211. The van der Waals surface area contributed by atoms with E-state index in [-0.39, 0.29) is 18.4 Å². The van der Waals surface area contributed by atoms with Crippen molar-refractivity contribution in [1.82, 2.24) is 15.5 Å². The number of halogens is 1. The van der Waals surface area contributed by atoms with Crippen LogP contribution >= 0.6 is 11.6 Å². The van der Waals surface area contributed by atoms with Crippen LogP contribution in [-0.4, -0.2) is 16.1 Å². The summed E-state index contributed by atoms with van der Waals surface area (Å²) in [5, 5.41) is 11.1. The Balaban J connectivity index is 1.74. The van der Waals surface area contributed by atoms with Gasteiger partial charge in [-0.2, -0.15) is 0 Å². The quantitative estimate of drug-likeness (QED) is 0.728. The largest absolute Gasteiger partial charge is 0.424 e. The molecule has 1 amide bonds. The summed E-state index contributed by atoms with van der Waals surface area (Å²) >= 11 is 6.13. The van der Waals surface area contributed by atoms with Crippen LogP contribution in [0.1, 0.15) is 35.2 Å². The molecule has 6 heteroatoms. The molecular formula is C19H18ClN3O2. The summed E-state index contributed by atoms with van der Waals surface area (Å²) in [7, 11) is 0. The van der Waals surface area contributed by atoms with E-state index in [0.29, 0.717) is 23.2 Å². The zero-order chi connectivity index (χ0) is 17.6. The minimum Gasteiger partial charge on any atom is -0.424 e. The molecule has 1 atom stereocenters. The molecule has 0 saturated carbocycles. The maximum Gasteiger partial charge on any atom is 0.235 e. The van der Waals surface area contributed by atoms with Gasteiger partial charge in [0.15, 0.2) is 0 Å². The second-order valence-corrected chi connectivity index (χ2v) is 6.15. The first-order valence-electron chi connectivity index (χ1n) is 7.98. The van der Waals surface area contributed by atoms with Gasteiger partial charge in [0, 0.05) is 24.3 Å². The molecule has 0 aliphatic rings. The Morgan fingerprint density at radius 1 is 1.12 bits per heavy atom. The zero-order valence-electron chi connectivity index (χ0n) is 13.8. The van der Waals surface area contributed by atoms with Crippen molar-refractivity contribution >= 4 is 17.5 Å². The van der Waals surface area contributed by atoms with Gasteiger partial charge in [-0.1, -0.05) is 54.1 Å². The van der Waals surface area contributed by atoms with Crippen LogP contribution in [0, 0.1) is 6.92 Å². The topological polar surface area (TPSA) is 68.0 Å². The summed E-state index contributed by atoms with van der Waals surface area (Å²) in [6.07, 6.45) is 0.303. The molecule has 0 aliphatic carbocycles. The third kappa shape index (κ3) is 4.67. The van der Waals surface area contributed by atoms with Crippen LogP contribution in [0.3, 0.4) is 0 Å². The maximum absolute atomic E-state index is 12.4. The van der Waals surface area contributed by atoms with E-state index in [1.165, 1.54) is 0 Å². The van der Waals surface area contributed by atoms with E-state index in [9.17, 15) is 4.79 Å². The van der Waals surface area contributed by atoms with Crippen molar-refractivity contribution in [2.24, 2.45) is 0 Å². The van der Waals surface area contributed by atoms with Gasteiger partial charge < -0.3 is 9.73 Å². The average Bonchev–Trinajstić information content (AvgIpc) is 3.04. The number of amides is 1. The van der Waals surface area contributed by atoms with Crippen LogP contribution < -0.4 is 5.32 Å². The number of carbonyl (C=O) groups is 1. The van der Waals surface area contributed by atoms with E-state index in [1.54, 1.807) is 6.92 Å². The van der Waals surface area contributed by atoms with Crippen LogP contribution in [-0.2, 0) is 11.3 Å². The molecular weight excluding hydrogens is 338 g/mol. The number of aryl methyl sites for hydroxylation is 1. The zero-order valence-corrected chi connectivity index (χ0v) is 14.5. The first-order valence-corrected chi connectivity index (χ1v) is 8.35. The van der Waals surface area contributed by atoms with Gasteiger partial charge in [-0.25, -0.2) is 0 Å². The lowest BCUT2D eigenvalue weighted by Gasteiger charge is -2.18. The molecule has 0 saturated heterocycles. The first-order chi connectivity index (χ1) is 12.1. The lowest BCUT2D eigenvalue weighted by Crippen LogP contribution is -2.25. The van der Waals surface area contributed by atoms with Crippen LogP contribution in [0.2, 0.25) is 5.02 Å². The minimum atomic E-state index is -0.0929. The summed E-state index contributed by atoms with van der Waals surface area (Å²) in [5.74, 6) is 0.698. The van der Waals surface area contributed by atoms with Gasteiger partial charge in [-0.15, -0.1) is 10.2 Å². The Kier molecular flexibility index (Phi) is 5.46. The van der Waals surface area contributed by atoms with Crippen LogP contribution in [0.15, 0.2) is 59.0 Å². The van der Waals surface area contributed by atoms with E-state index < -0.39 is 0 Å². The molecule has 0 radical (unpaired) electrons. The highest BCUT2D eigenvalue weighted by molar-refractivity contribution is 6.30. The monoisotopic (exact) mass is 355 g/mol. The van der Waals surface area contributed by atoms with Gasteiger partial charge in [0.25, 0.3) is 0 Å². The van der Waals surface area contributed by atoms with Gasteiger partial charge in [-0.05, 0) is 23.3 Å². The van der Waals surface area contributed by atoms with Crippen molar-refractivity contribution in [3.63, 3.8) is 0 Å². The second-order valence-electron chi connectivity index (χ2n) is 5.71. The van der Waals surface area contributed by atoms with E-state index in [4.69, 9.17) is 16.0 Å². The summed E-state index contributed by atoms with van der Waals surface area (Å²) in [6, 6.07) is 17.5. The number of hydrogen-bond acceptors (Lipinski definition) is 4. The van der Waals surface area contributed by atoms with Crippen LogP contribution in [0.4, 0.5) is 0 Å². The van der Waals surface area contributed by atoms with E-state index in [1.807, 2.05) is 54.6 Å². The highest BCUT2D eigenvalue weighted by atomic mass is 35.5.